The summed E-state index contributed by atoms with van der Waals surface area (Å²) in [7, 11) is 2.71. The largest absolute Gasteiger partial charge is 0.497 e. The number of nitrogens with zero attached hydrogens (tertiary/aromatic N) is 1. The lowest BCUT2D eigenvalue weighted by molar-refractivity contribution is -0.263. The molecule has 0 atom stereocenters. The van der Waals surface area contributed by atoms with Gasteiger partial charge in [0.25, 0.3) is 0 Å². The van der Waals surface area contributed by atoms with Crippen molar-refractivity contribution in [3.63, 3.8) is 0 Å². The van der Waals surface area contributed by atoms with E-state index in [0.29, 0.717) is 0 Å². The van der Waals surface area contributed by atoms with Crippen molar-refractivity contribution in [2.45, 2.75) is 24.7 Å². The van der Waals surface area contributed by atoms with Gasteiger partial charge in [0.05, 0.1) is 12.7 Å². The van der Waals surface area contributed by atoms with Crippen molar-refractivity contribution < 1.29 is 35.5 Å². The number of halogens is 7. The molecule has 0 unspecified atom stereocenters. The Morgan fingerprint density at radius 2 is 1.60 bits per heavy atom. The Balaban J connectivity index is 2.44. The van der Waals surface area contributed by atoms with E-state index in [9.17, 15) is 30.7 Å². The van der Waals surface area contributed by atoms with E-state index in [1.54, 1.807) is 0 Å². The Labute approximate surface area is 137 Å². The number of aryl methyl sites for hydroxylation is 1. The molecular weight excluding hydrogens is 355 g/mol. The van der Waals surface area contributed by atoms with E-state index in [-0.39, 0.29) is 22.3 Å². The average molecular weight is 367 g/mol. The monoisotopic (exact) mass is 367 g/mol. The lowest BCUT2D eigenvalue weighted by Crippen LogP contribution is -2.48. The van der Waals surface area contributed by atoms with Crippen LogP contribution in [-0.4, -0.2) is 29.4 Å². The molecule has 1 heterocycles. The Bertz CT molecular complexity index is 911. The first-order chi connectivity index (χ1) is 11.4. The summed E-state index contributed by atoms with van der Waals surface area (Å²) in [5, 5.41) is -0.0855. The van der Waals surface area contributed by atoms with Gasteiger partial charge in [0.2, 0.25) is 0 Å². The molecular formula is C16H12F7NO. The van der Waals surface area contributed by atoms with E-state index in [1.807, 2.05) is 0 Å². The standard InChI is InChI=1S/C16H12F7NO/c1-7-11(9-6-8(25-3)4-5-10(9)24(7)2)12-13(17)15(20,21)16(22,23)14(12,18)19/h4-6H,1-3H3. The lowest BCUT2D eigenvalue weighted by atomic mass is 9.98. The van der Waals surface area contributed by atoms with Gasteiger partial charge < -0.3 is 9.30 Å². The topological polar surface area (TPSA) is 14.2 Å². The maximum absolute atomic E-state index is 14.1. The van der Waals surface area contributed by atoms with Crippen LogP contribution in [0.2, 0.25) is 0 Å². The number of fused-ring (bicyclic) bond motifs is 1. The number of aromatic nitrogens is 1. The van der Waals surface area contributed by atoms with Gasteiger partial charge in [-0.1, -0.05) is 0 Å². The fourth-order valence-corrected chi connectivity index (χ4v) is 3.05. The fraction of sp³-hybridized carbons (Fsp3) is 0.375. The van der Waals surface area contributed by atoms with Crippen LogP contribution in [0.25, 0.3) is 16.5 Å². The normalized spacial score (nSPS) is 21.2. The molecule has 9 heteroatoms. The zero-order chi connectivity index (χ0) is 18.9. The second-order valence-electron chi connectivity index (χ2n) is 5.81. The van der Waals surface area contributed by atoms with Gasteiger partial charge in [-0.3, -0.25) is 0 Å². The van der Waals surface area contributed by atoms with Gasteiger partial charge in [0.1, 0.15) is 5.75 Å². The molecule has 0 bridgehead atoms. The minimum atomic E-state index is -5.87. The Kier molecular flexibility index (Phi) is 3.47. The SMILES string of the molecule is COc1ccc2c(c1)c(C1=C(F)C(F)(F)C(F)(F)C1(F)F)c(C)n2C. The van der Waals surface area contributed by atoms with E-state index in [0.717, 1.165) is 0 Å². The number of allylic oxidation sites excluding steroid dienone is 2. The summed E-state index contributed by atoms with van der Waals surface area (Å²) in [5.74, 6) is -19.5. The second kappa shape index (κ2) is 4.92. The van der Waals surface area contributed by atoms with Crippen LogP contribution < -0.4 is 4.74 Å². The summed E-state index contributed by atoms with van der Waals surface area (Å²) in [6.45, 7) is 1.26. The molecule has 0 saturated carbocycles. The predicted octanol–water partition coefficient (Wildman–Crippen LogP) is 5.10. The van der Waals surface area contributed by atoms with Gasteiger partial charge in [0.15, 0.2) is 5.83 Å². The minimum absolute atomic E-state index is 0.0541. The van der Waals surface area contributed by atoms with Gasteiger partial charge in [-0.2, -0.15) is 26.3 Å². The maximum atomic E-state index is 14.1. The quantitative estimate of drug-likeness (QED) is 0.674. The minimum Gasteiger partial charge on any atom is -0.497 e. The van der Waals surface area contributed by atoms with Crippen LogP contribution in [-0.2, 0) is 7.05 Å². The van der Waals surface area contributed by atoms with Gasteiger partial charge in [-0.15, -0.1) is 0 Å². The highest BCUT2D eigenvalue weighted by molar-refractivity contribution is 5.98. The van der Waals surface area contributed by atoms with Crippen LogP contribution in [0.1, 0.15) is 11.3 Å². The van der Waals surface area contributed by atoms with Gasteiger partial charge in [-0.25, -0.2) is 4.39 Å². The summed E-state index contributed by atoms with van der Waals surface area (Å²) >= 11 is 0. The first kappa shape index (κ1) is 17.6. The number of alkyl halides is 6. The number of hydrogen-bond acceptors (Lipinski definition) is 1. The molecule has 0 radical (unpaired) electrons. The number of hydrogen-bond donors (Lipinski definition) is 0. The highest BCUT2D eigenvalue weighted by Gasteiger charge is 2.81. The van der Waals surface area contributed by atoms with E-state index >= 15 is 0 Å². The van der Waals surface area contributed by atoms with E-state index in [1.165, 1.54) is 43.8 Å². The number of ether oxygens (including phenoxy) is 1. The summed E-state index contributed by atoms with van der Waals surface area (Å²) in [4.78, 5) is 0. The molecule has 0 fully saturated rings. The summed E-state index contributed by atoms with van der Waals surface area (Å²) in [5.41, 5.74) is -2.45. The summed E-state index contributed by atoms with van der Waals surface area (Å²) < 4.78 is 103. The molecule has 1 aromatic heterocycles. The fourth-order valence-electron chi connectivity index (χ4n) is 3.05. The first-order valence-electron chi connectivity index (χ1n) is 7.07. The molecule has 1 aromatic carbocycles. The molecule has 3 rings (SSSR count). The third-order valence-electron chi connectivity index (χ3n) is 4.55. The lowest BCUT2D eigenvalue weighted by Gasteiger charge is -2.24. The number of benzene rings is 1. The molecule has 0 spiro atoms. The third-order valence-corrected chi connectivity index (χ3v) is 4.55. The van der Waals surface area contributed by atoms with Gasteiger partial charge >= 0.3 is 17.8 Å². The highest BCUT2D eigenvalue weighted by atomic mass is 19.3. The van der Waals surface area contributed by atoms with Gasteiger partial charge in [-0.05, 0) is 25.1 Å². The molecule has 2 nitrogen and oxygen atoms in total. The third kappa shape index (κ3) is 1.92. The maximum Gasteiger partial charge on any atom is 0.383 e. The van der Waals surface area contributed by atoms with Crippen molar-refractivity contribution in [3.8, 4) is 5.75 Å². The molecule has 1 aliphatic carbocycles. The van der Waals surface area contributed by atoms with Crippen LogP contribution in [0, 0.1) is 6.92 Å². The Morgan fingerprint density at radius 3 is 2.08 bits per heavy atom. The molecule has 0 aliphatic heterocycles. The molecule has 136 valence electrons. The van der Waals surface area contributed by atoms with Crippen molar-refractivity contribution in [2.75, 3.05) is 7.11 Å². The van der Waals surface area contributed by atoms with Crippen LogP contribution in [0.3, 0.4) is 0 Å². The first-order valence-corrected chi connectivity index (χ1v) is 7.07. The van der Waals surface area contributed by atoms with Crippen LogP contribution in [0.4, 0.5) is 30.7 Å². The van der Waals surface area contributed by atoms with Crippen molar-refractivity contribution >= 4 is 16.5 Å². The molecule has 0 saturated heterocycles. The van der Waals surface area contributed by atoms with Crippen molar-refractivity contribution in [3.05, 3.63) is 35.3 Å². The zero-order valence-corrected chi connectivity index (χ0v) is 13.2. The van der Waals surface area contributed by atoms with Crippen molar-refractivity contribution in [1.82, 2.24) is 4.57 Å². The van der Waals surface area contributed by atoms with Crippen LogP contribution in [0.5, 0.6) is 5.75 Å². The highest BCUT2D eigenvalue weighted by Crippen LogP contribution is 2.63. The number of rotatable bonds is 2. The van der Waals surface area contributed by atoms with E-state index < -0.39 is 34.7 Å². The molecule has 0 amide bonds. The van der Waals surface area contributed by atoms with Crippen LogP contribution >= 0.6 is 0 Å². The molecule has 25 heavy (non-hydrogen) atoms. The van der Waals surface area contributed by atoms with Crippen molar-refractivity contribution in [2.24, 2.45) is 7.05 Å². The van der Waals surface area contributed by atoms with Crippen molar-refractivity contribution in [1.29, 1.82) is 0 Å². The molecule has 1 aliphatic rings. The smallest absolute Gasteiger partial charge is 0.383 e. The van der Waals surface area contributed by atoms with E-state index in [2.05, 4.69) is 0 Å². The Morgan fingerprint density at radius 1 is 1.00 bits per heavy atom. The van der Waals surface area contributed by atoms with E-state index in [4.69, 9.17) is 4.74 Å². The second-order valence-corrected chi connectivity index (χ2v) is 5.81. The van der Waals surface area contributed by atoms with Crippen LogP contribution in [0.15, 0.2) is 24.0 Å². The number of methoxy groups -OCH3 is 1. The summed E-state index contributed by atoms with van der Waals surface area (Å²) in [6, 6.07) is 4.13. The molecule has 0 N–H and O–H groups in total. The van der Waals surface area contributed by atoms with Gasteiger partial charge in [0, 0.05) is 29.2 Å². The predicted molar refractivity (Wildman–Crippen MR) is 77.1 cm³/mol. The Hall–Kier alpha value is -2.19. The average Bonchev–Trinajstić information content (AvgIpc) is 2.82. The molecule has 2 aromatic rings. The summed E-state index contributed by atoms with van der Waals surface area (Å²) in [6.07, 6.45) is 0. The zero-order valence-electron chi connectivity index (χ0n) is 13.2.